The third-order valence-corrected chi connectivity index (χ3v) is 4.73. The number of nitrogens with zero attached hydrogens (tertiary/aromatic N) is 2. The average Bonchev–Trinajstić information content (AvgIpc) is 2.80. The first kappa shape index (κ1) is 21.2. The minimum Gasteiger partial charge on any atom is -0.381 e. The topological polar surface area (TPSA) is 103 Å². The van der Waals surface area contributed by atoms with Crippen molar-refractivity contribution in [3.05, 3.63) is 53.9 Å². The quantitative estimate of drug-likeness (QED) is 0.654. The highest BCUT2D eigenvalue weighted by Gasteiger charge is 2.35. The second-order valence-corrected chi connectivity index (χ2v) is 7.41. The predicted molar refractivity (Wildman–Crippen MR) is 106 cm³/mol. The van der Waals surface area contributed by atoms with Crippen LogP contribution in [0.1, 0.15) is 24.2 Å². The zero-order valence-electron chi connectivity index (χ0n) is 16.6. The van der Waals surface area contributed by atoms with Crippen molar-refractivity contribution in [1.29, 1.82) is 0 Å². The van der Waals surface area contributed by atoms with Crippen molar-refractivity contribution in [2.75, 3.05) is 23.8 Å². The molecular weight excluding hydrogens is 396 g/mol. The van der Waals surface area contributed by atoms with E-state index in [-0.39, 0.29) is 12.1 Å². The molecule has 0 saturated carbocycles. The summed E-state index contributed by atoms with van der Waals surface area (Å²) < 4.78 is 26.8. The molecule has 1 aliphatic heterocycles. The van der Waals surface area contributed by atoms with Gasteiger partial charge < -0.3 is 20.9 Å². The first-order chi connectivity index (χ1) is 14.1. The van der Waals surface area contributed by atoms with Gasteiger partial charge in [0.2, 0.25) is 11.9 Å². The van der Waals surface area contributed by atoms with Gasteiger partial charge in [0.05, 0.1) is 11.4 Å². The van der Waals surface area contributed by atoms with Crippen molar-refractivity contribution in [3.8, 4) is 0 Å². The lowest BCUT2D eigenvalue weighted by molar-refractivity contribution is -0.130. The first-order valence-corrected chi connectivity index (χ1v) is 9.14. The molecule has 3 N–H and O–H groups in total. The van der Waals surface area contributed by atoms with Gasteiger partial charge in [-0.15, -0.1) is 0 Å². The van der Waals surface area contributed by atoms with E-state index in [0.29, 0.717) is 11.4 Å². The van der Waals surface area contributed by atoms with Crippen LogP contribution in [0.2, 0.25) is 0 Å². The maximum absolute atomic E-state index is 13.6. The molecule has 8 nitrogen and oxygen atoms in total. The van der Waals surface area contributed by atoms with Crippen molar-refractivity contribution in [2.45, 2.75) is 25.4 Å². The van der Waals surface area contributed by atoms with Crippen LogP contribution in [0.15, 0.2) is 36.5 Å². The van der Waals surface area contributed by atoms with Crippen molar-refractivity contribution >= 4 is 29.1 Å². The number of carbonyl (C=O) groups excluding carboxylic acids is 3. The SMILES string of the molecule is CN1C(=O)[C@H](NC(=O)C(C)(C)NC(=O)c2ccnc(F)c2)CNc2ccc(F)cc21. The van der Waals surface area contributed by atoms with Crippen LogP contribution >= 0.6 is 0 Å². The van der Waals surface area contributed by atoms with Gasteiger partial charge >= 0.3 is 0 Å². The van der Waals surface area contributed by atoms with Gasteiger partial charge in [0.15, 0.2) is 0 Å². The number of hydrogen-bond donors (Lipinski definition) is 3. The van der Waals surface area contributed by atoms with Crippen molar-refractivity contribution in [1.82, 2.24) is 15.6 Å². The summed E-state index contributed by atoms with van der Waals surface area (Å²) in [7, 11) is 1.48. The van der Waals surface area contributed by atoms with Gasteiger partial charge in [0.1, 0.15) is 17.4 Å². The fraction of sp³-hybridized carbons (Fsp3) is 0.300. The summed E-state index contributed by atoms with van der Waals surface area (Å²) in [5, 5.41) is 8.14. The van der Waals surface area contributed by atoms with Gasteiger partial charge in [0.25, 0.3) is 11.8 Å². The Labute approximate surface area is 171 Å². The van der Waals surface area contributed by atoms with E-state index in [2.05, 4.69) is 20.9 Å². The smallest absolute Gasteiger partial charge is 0.252 e. The van der Waals surface area contributed by atoms with Gasteiger partial charge in [-0.1, -0.05) is 0 Å². The maximum atomic E-state index is 13.6. The monoisotopic (exact) mass is 417 g/mol. The molecule has 30 heavy (non-hydrogen) atoms. The summed E-state index contributed by atoms with van der Waals surface area (Å²) in [4.78, 5) is 42.6. The Morgan fingerprint density at radius 1 is 1.23 bits per heavy atom. The van der Waals surface area contributed by atoms with Crippen molar-refractivity contribution < 1.29 is 23.2 Å². The van der Waals surface area contributed by atoms with Gasteiger partial charge in [-0.25, -0.2) is 9.37 Å². The third-order valence-electron chi connectivity index (χ3n) is 4.73. The Kier molecular flexibility index (Phi) is 5.68. The van der Waals surface area contributed by atoms with E-state index in [1.54, 1.807) is 0 Å². The summed E-state index contributed by atoms with van der Waals surface area (Å²) in [6, 6.07) is 5.32. The number of amides is 3. The molecule has 3 rings (SSSR count). The molecule has 1 aromatic carbocycles. The summed E-state index contributed by atoms with van der Waals surface area (Å²) >= 11 is 0. The molecule has 2 heterocycles. The Morgan fingerprint density at radius 2 is 1.97 bits per heavy atom. The van der Waals surface area contributed by atoms with Crippen LogP contribution in [0.5, 0.6) is 0 Å². The molecule has 1 aliphatic rings. The molecule has 1 aromatic heterocycles. The number of pyridine rings is 1. The summed E-state index contributed by atoms with van der Waals surface area (Å²) in [6.07, 6.45) is 1.14. The van der Waals surface area contributed by atoms with E-state index in [9.17, 15) is 23.2 Å². The molecule has 0 radical (unpaired) electrons. The molecule has 2 aromatic rings. The zero-order chi connectivity index (χ0) is 22.1. The van der Waals surface area contributed by atoms with Gasteiger partial charge in [0, 0.05) is 31.4 Å². The number of benzene rings is 1. The molecular formula is C20H21F2N5O3. The number of fused-ring (bicyclic) bond motifs is 1. The Balaban J connectivity index is 1.71. The van der Waals surface area contributed by atoms with Crippen LogP contribution in [-0.2, 0) is 9.59 Å². The van der Waals surface area contributed by atoms with Crippen LogP contribution in [0.4, 0.5) is 20.2 Å². The molecule has 0 fully saturated rings. The average molecular weight is 417 g/mol. The number of halogens is 2. The number of nitrogens with one attached hydrogen (secondary N) is 3. The van der Waals surface area contributed by atoms with Gasteiger partial charge in [-0.2, -0.15) is 4.39 Å². The molecule has 3 amide bonds. The summed E-state index contributed by atoms with van der Waals surface area (Å²) in [5.74, 6) is -3.04. The standard InChI is InChI=1S/C20H21F2N5O3/c1-20(2,26-17(28)11-6-7-23-16(22)8-11)19(30)25-14-10-24-13-5-4-12(21)9-15(13)27(3)18(14)29/h4-9,14,24H,10H2,1-3H3,(H,25,30)(H,26,28)/t14-/m1/s1. The normalized spacial score (nSPS) is 16.2. The summed E-state index contributed by atoms with van der Waals surface area (Å²) in [5.41, 5.74) is -0.492. The number of anilines is 2. The van der Waals surface area contributed by atoms with E-state index in [1.165, 1.54) is 50.1 Å². The Bertz CT molecular complexity index is 1010. The first-order valence-electron chi connectivity index (χ1n) is 9.14. The van der Waals surface area contributed by atoms with Crippen LogP contribution in [0.3, 0.4) is 0 Å². The lowest BCUT2D eigenvalue weighted by Gasteiger charge is -2.28. The molecule has 10 heteroatoms. The van der Waals surface area contributed by atoms with E-state index >= 15 is 0 Å². The number of rotatable bonds is 4. The number of carbonyl (C=O) groups is 3. The highest BCUT2D eigenvalue weighted by molar-refractivity contribution is 6.04. The van der Waals surface area contributed by atoms with Crippen LogP contribution in [-0.4, -0.2) is 47.9 Å². The number of aromatic nitrogens is 1. The molecule has 0 saturated heterocycles. The second-order valence-electron chi connectivity index (χ2n) is 7.41. The third kappa shape index (κ3) is 4.37. The lowest BCUT2D eigenvalue weighted by Crippen LogP contribution is -2.60. The Hall–Kier alpha value is -3.56. The van der Waals surface area contributed by atoms with E-state index in [1.807, 2.05) is 0 Å². The fourth-order valence-electron chi connectivity index (χ4n) is 2.99. The van der Waals surface area contributed by atoms with E-state index < -0.39 is 41.1 Å². The van der Waals surface area contributed by atoms with Crippen molar-refractivity contribution in [2.24, 2.45) is 0 Å². The molecule has 0 bridgehead atoms. The Morgan fingerprint density at radius 3 is 2.67 bits per heavy atom. The number of likely N-dealkylation sites (N-methyl/N-ethyl adjacent to an activating group) is 1. The summed E-state index contributed by atoms with van der Waals surface area (Å²) in [6.45, 7) is 2.99. The second kappa shape index (κ2) is 8.05. The van der Waals surface area contributed by atoms with E-state index in [4.69, 9.17) is 0 Å². The minimum absolute atomic E-state index is 0.00722. The predicted octanol–water partition coefficient (Wildman–Crippen LogP) is 1.44. The molecule has 0 aliphatic carbocycles. The van der Waals surface area contributed by atoms with E-state index in [0.717, 1.165) is 12.3 Å². The molecule has 1 atom stereocenters. The number of hydrogen-bond acceptors (Lipinski definition) is 5. The highest BCUT2D eigenvalue weighted by Crippen LogP contribution is 2.28. The minimum atomic E-state index is -1.40. The highest BCUT2D eigenvalue weighted by atomic mass is 19.1. The van der Waals surface area contributed by atoms with Crippen molar-refractivity contribution in [3.63, 3.8) is 0 Å². The van der Waals surface area contributed by atoms with Gasteiger partial charge in [-0.05, 0) is 38.1 Å². The zero-order valence-corrected chi connectivity index (χ0v) is 16.6. The van der Waals surface area contributed by atoms with Crippen LogP contribution in [0, 0.1) is 11.8 Å². The van der Waals surface area contributed by atoms with Crippen LogP contribution < -0.4 is 20.9 Å². The maximum Gasteiger partial charge on any atom is 0.252 e. The molecule has 0 spiro atoms. The largest absolute Gasteiger partial charge is 0.381 e. The fourth-order valence-corrected chi connectivity index (χ4v) is 2.99. The van der Waals surface area contributed by atoms with Crippen LogP contribution in [0.25, 0.3) is 0 Å². The molecule has 158 valence electrons. The van der Waals surface area contributed by atoms with Gasteiger partial charge in [-0.3, -0.25) is 14.4 Å². The molecule has 0 unspecified atom stereocenters. The lowest BCUT2D eigenvalue weighted by atomic mass is 10.0.